The Kier molecular flexibility index (Phi) is 7.48. The molecule has 0 aliphatic carbocycles. The second-order valence-corrected chi connectivity index (χ2v) is 6.13. The third kappa shape index (κ3) is 6.24. The van der Waals surface area contributed by atoms with Gasteiger partial charge in [0.15, 0.2) is 11.5 Å². The molecule has 134 valence electrons. The van der Waals surface area contributed by atoms with Crippen molar-refractivity contribution in [2.75, 3.05) is 14.2 Å². The molecule has 2 aromatic rings. The lowest BCUT2D eigenvalue weighted by molar-refractivity contribution is -0.121. The Morgan fingerprint density at radius 1 is 1.04 bits per heavy atom. The highest BCUT2D eigenvalue weighted by Gasteiger charge is 2.14. The van der Waals surface area contributed by atoms with Gasteiger partial charge in [-0.2, -0.15) is 0 Å². The van der Waals surface area contributed by atoms with Crippen molar-refractivity contribution in [3.05, 3.63) is 59.7 Å². The zero-order valence-corrected chi connectivity index (χ0v) is 14.9. The van der Waals surface area contributed by atoms with Gasteiger partial charge in [-0.15, -0.1) is 0 Å². The van der Waals surface area contributed by atoms with Crippen LogP contribution in [0.2, 0.25) is 0 Å². The third-order valence-corrected chi connectivity index (χ3v) is 4.32. The molecule has 1 N–H and O–H groups in total. The van der Waals surface area contributed by atoms with Crippen molar-refractivity contribution < 1.29 is 19.4 Å². The molecule has 0 aromatic heterocycles. The number of aryl methyl sites for hydroxylation is 2. The number of phenolic OH excluding ortho intramolecular Hbond substituents is 1. The molecule has 0 radical (unpaired) electrons. The van der Waals surface area contributed by atoms with Crippen molar-refractivity contribution in [2.45, 2.75) is 38.2 Å². The van der Waals surface area contributed by atoms with Gasteiger partial charge >= 0.3 is 0 Å². The Bertz CT molecular complexity index is 667. The molecule has 0 heterocycles. The average molecular weight is 342 g/mol. The van der Waals surface area contributed by atoms with E-state index in [1.165, 1.54) is 12.7 Å². The van der Waals surface area contributed by atoms with Gasteiger partial charge < -0.3 is 14.6 Å². The van der Waals surface area contributed by atoms with Crippen molar-refractivity contribution in [1.82, 2.24) is 0 Å². The molecule has 0 saturated heterocycles. The maximum Gasteiger partial charge on any atom is 0.160 e. The Morgan fingerprint density at radius 2 is 1.80 bits per heavy atom. The van der Waals surface area contributed by atoms with Crippen molar-refractivity contribution in [1.29, 1.82) is 0 Å². The maximum absolute atomic E-state index is 12.2. The second-order valence-electron chi connectivity index (χ2n) is 6.13. The van der Waals surface area contributed by atoms with Crippen LogP contribution in [0.5, 0.6) is 11.5 Å². The quantitative estimate of drug-likeness (QED) is 0.710. The number of hydrogen-bond donors (Lipinski definition) is 1. The first-order valence-electron chi connectivity index (χ1n) is 8.56. The summed E-state index contributed by atoms with van der Waals surface area (Å²) in [6.07, 6.45) is 3.16. The van der Waals surface area contributed by atoms with Gasteiger partial charge in [-0.05, 0) is 42.5 Å². The summed E-state index contributed by atoms with van der Waals surface area (Å²) in [7, 11) is 3.18. The molecule has 2 aromatic carbocycles. The molecule has 0 aliphatic heterocycles. The molecule has 2 rings (SSSR count). The summed E-state index contributed by atoms with van der Waals surface area (Å²) in [6.45, 7) is 0. The number of ketones is 1. The molecule has 0 saturated carbocycles. The first-order valence-corrected chi connectivity index (χ1v) is 8.56. The molecule has 0 aliphatic rings. The zero-order valence-electron chi connectivity index (χ0n) is 14.9. The largest absolute Gasteiger partial charge is 0.504 e. The topological polar surface area (TPSA) is 55.8 Å². The van der Waals surface area contributed by atoms with Crippen LogP contribution in [-0.4, -0.2) is 31.2 Å². The van der Waals surface area contributed by atoms with Crippen molar-refractivity contribution in [3.8, 4) is 11.5 Å². The summed E-state index contributed by atoms with van der Waals surface area (Å²) in [4.78, 5) is 12.2. The molecule has 0 spiro atoms. The van der Waals surface area contributed by atoms with E-state index in [0.29, 0.717) is 18.6 Å². The lowest BCUT2D eigenvalue weighted by Gasteiger charge is -2.15. The van der Waals surface area contributed by atoms with Crippen LogP contribution in [0, 0.1) is 0 Å². The third-order valence-electron chi connectivity index (χ3n) is 4.32. The number of ether oxygens (including phenoxy) is 2. The molecule has 0 amide bonds. The van der Waals surface area contributed by atoms with Crippen molar-refractivity contribution in [2.24, 2.45) is 0 Å². The number of Topliss-reactive ketones (excluding diaryl/α,β-unsaturated/α-hetero) is 1. The molecule has 0 unspecified atom stereocenters. The van der Waals surface area contributed by atoms with Gasteiger partial charge in [0, 0.05) is 20.0 Å². The normalized spacial score (nSPS) is 11.9. The van der Waals surface area contributed by atoms with Crippen LogP contribution in [0.1, 0.15) is 30.4 Å². The lowest BCUT2D eigenvalue weighted by atomic mass is 10.00. The van der Waals surface area contributed by atoms with Gasteiger partial charge in [-0.25, -0.2) is 0 Å². The molecule has 4 heteroatoms. The summed E-state index contributed by atoms with van der Waals surface area (Å²) in [6, 6.07) is 15.3. The highest BCUT2D eigenvalue weighted by Crippen LogP contribution is 2.27. The van der Waals surface area contributed by atoms with E-state index in [9.17, 15) is 9.90 Å². The summed E-state index contributed by atoms with van der Waals surface area (Å²) < 4.78 is 10.6. The number of aromatic hydroxyl groups is 1. The second kappa shape index (κ2) is 9.84. The number of methoxy groups -OCH3 is 2. The number of hydrogen-bond acceptors (Lipinski definition) is 4. The number of phenols is 1. The van der Waals surface area contributed by atoms with Crippen LogP contribution in [0.25, 0.3) is 0 Å². The standard InChI is InChI=1S/C21H26O4/c1-24-19(12-9-17-10-13-20(23)21(14-17)25-2)15-18(22)11-8-16-6-4-3-5-7-16/h3-7,10,13-14,19,23H,8-9,11-12,15H2,1-2H3/t19-/m0/s1. The number of carbonyl (C=O) groups is 1. The first kappa shape index (κ1) is 19.0. The minimum absolute atomic E-state index is 0.0944. The Morgan fingerprint density at radius 3 is 2.48 bits per heavy atom. The Hall–Kier alpha value is -2.33. The first-order chi connectivity index (χ1) is 12.1. The van der Waals surface area contributed by atoms with E-state index in [2.05, 4.69) is 0 Å². The summed E-state index contributed by atoms with van der Waals surface area (Å²) in [5, 5.41) is 9.64. The van der Waals surface area contributed by atoms with E-state index in [0.717, 1.165) is 24.8 Å². The van der Waals surface area contributed by atoms with E-state index in [1.54, 1.807) is 13.2 Å². The molecule has 0 bridgehead atoms. The van der Waals surface area contributed by atoms with E-state index < -0.39 is 0 Å². The number of benzene rings is 2. The van der Waals surface area contributed by atoms with Crippen LogP contribution < -0.4 is 4.74 Å². The number of rotatable bonds is 10. The van der Waals surface area contributed by atoms with Gasteiger partial charge in [0.25, 0.3) is 0 Å². The molecular weight excluding hydrogens is 316 g/mol. The Balaban J connectivity index is 1.80. The van der Waals surface area contributed by atoms with Gasteiger partial charge in [-0.3, -0.25) is 4.79 Å². The van der Waals surface area contributed by atoms with E-state index in [-0.39, 0.29) is 17.6 Å². The molecule has 25 heavy (non-hydrogen) atoms. The number of carbonyl (C=O) groups excluding carboxylic acids is 1. The van der Waals surface area contributed by atoms with Gasteiger partial charge in [-0.1, -0.05) is 36.4 Å². The van der Waals surface area contributed by atoms with E-state index in [1.807, 2.05) is 42.5 Å². The minimum atomic E-state index is -0.0944. The van der Waals surface area contributed by atoms with Crippen LogP contribution in [-0.2, 0) is 22.4 Å². The molecular formula is C21H26O4. The van der Waals surface area contributed by atoms with E-state index in [4.69, 9.17) is 9.47 Å². The fourth-order valence-electron chi connectivity index (χ4n) is 2.79. The van der Waals surface area contributed by atoms with Gasteiger partial charge in [0.1, 0.15) is 5.78 Å². The SMILES string of the molecule is COc1cc(CC[C@@H](CC(=O)CCc2ccccc2)OC)ccc1O. The van der Waals surface area contributed by atoms with Crippen LogP contribution in [0.15, 0.2) is 48.5 Å². The fraction of sp³-hybridized carbons (Fsp3) is 0.381. The average Bonchev–Trinajstić information content (AvgIpc) is 2.65. The fourth-order valence-corrected chi connectivity index (χ4v) is 2.79. The predicted molar refractivity (Wildman–Crippen MR) is 98.2 cm³/mol. The lowest BCUT2D eigenvalue weighted by Crippen LogP contribution is -2.17. The predicted octanol–water partition coefficient (Wildman–Crippen LogP) is 3.94. The molecule has 4 nitrogen and oxygen atoms in total. The summed E-state index contributed by atoms with van der Waals surface area (Å²) in [5.74, 6) is 0.815. The van der Waals surface area contributed by atoms with E-state index >= 15 is 0 Å². The van der Waals surface area contributed by atoms with Crippen LogP contribution in [0.3, 0.4) is 0 Å². The van der Waals surface area contributed by atoms with Gasteiger partial charge in [0.2, 0.25) is 0 Å². The summed E-state index contributed by atoms with van der Waals surface area (Å²) in [5.41, 5.74) is 2.23. The monoisotopic (exact) mass is 342 g/mol. The van der Waals surface area contributed by atoms with Crippen LogP contribution >= 0.6 is 0 Å². The van der Waals surface area contributed by atoms with Crippen LogP contribution in [0.4, 0.5) is 0 Å². The van der Waals surface area contributed by atoms with Crippen molar-refractivity contribution >= 4 is 5.78 Å². The highest BCUT2D eigenvalue weighted by atomic mass is 16.5. The maximum atomic E-state index is 12.2. The summed E-state index contributed by atoms with van der Waals surface area (Å²) >= 11 is 0. The smallest absolute Gasteiger partial charge is 0.160 e. The highest BCUT2D eigenvalue weighted by molar-refractivity contribution is 5.79. The van der Waals surface area contributed by atoms with Gasteiger partial charge in [0.05, 0.1) is 13.2 Å². The zero-order chi connectivity index (χ0) is 18.1. The molecule has 1 atom stereocenters. The minimum Gasteiger partial charge on any atom is -0.504 e. The molecule has 0 fully saturated rings. The van der Waals surface area contributed by atoms with Crippen molar-refractivity contribution in [3.63, 3.8) is 0 Å². The Labute approximate surface area is 149 Å².